The predicted molar refractivity (Wildman–Crippen MR) is 88.4 cm³/mol. The number of hydrogen-bond acceptors (Lipinski definition) is 5. The molecule has 0 aliphatic carbocycles. The molecule has 25 heavy (non-hydrogen) atoms. The molecule has 0 radical (unpaired) electrons. The lowest BCUT2D eigenvalue weighted by atomic mass is 9.96. The third-order valence-corrected chi connectivity index (χ3v) is 5.76. The summed E-state index contributed by atoms with van der Waals surface area (Å²) in [5.41, 5.74) is 0.393. The number of morpholine rings is 1. The molecule has 2 heterocycles. The molecular formula is C16H19F2N3O3S. The van der Waals surface area contributed by atoms with Crippen molar-refractivity contribution in [3.8, 4) is 0 Å². The molecular weight excluding hydrogens is 352 g/mol. The molecule has 6 nitrogen and oxygen atoms in total. The third-order valence-electron chi connectivity index (χ3n) is 4.34. The van der Waals surface area contributed by atoms with Gasteiger partial charge in [-0.3, -0.25) is 4.68 Å². The quantitative estimate of drug-likeness (QED) is 0.824. The van der Waals surface area contributed by atoms with Gasteiger partial charge in [0.05, 0.1) is 29.9 Å². The Morgan fingerprint density at radius 2 is 2.04 bits per heavy atom. The van der Waals surface area contributed by atoms with Crippen molar-refractivity contribution in [1.82, 2.24) is 9.78 Å². The normalized spacial score (nSPS) is 21.7. The van der Waals surface area contributed by atoms with E-state index >= 15 is 0 Å². The molecule has 1 atom stereocenters. The Bertz CT molecular complexity index is 869. The van der Waals surface area contributed by atoms with Gasteiger partial charge >= 0.3 is 5.76 Å². The van der Waals surface area contributed by atoms with Crippen LogP contribution in [-0.2, 0) is 27.2 Å². The fourth-order valence-corrected chi connectivity index (χ4v) is 3.95. The van der Waals surface area contributed by atoms with Crippen LogP contribution >= 0.6 is 0 Å². The summed E-state index contributed by atoms with van der Waals surface area (Å²) in [6.07, 6.45) is 3.51. The molecule has 136 valence electrons. The minimum atomic E-state index is -4.69. The van der Waals surface area contributed by atoms with Crippen molar-refractivity contribution in [2.24, 2.45) is 7.05 Å². The van der Waals surface area contributed by atoms with Gasteiger partial charge < -0.3 is 9.64 Å². The lowest BCUT2D eigenvalue weighted by Gasteiger charge is -2.41. The van der Waals surface area contributed by atoms with Gasteiger partial charge in [0.2, 0.25) is 9.84 Å². The second kappa shape index (κ2) is 6.38. The number of benzene rings is 1. The highest BCUT2D eigenvalue weighted by Crippen LogP contribution is 2.35. The molecule has 3 rings (SSSR count). The summed E-state index contributed by atoms with van der Waals surface area (Å²) in [6, 6.07) is 5.84. The summed E-state index contributed by atoms with van der Waals surface area (Å²) in [6.45, 7) is 2.95. The van der Waals surface area contributed by atoms with Crippen LogP contribution < -0.4 is 4.90 Å². The van der Waals surface area contributed by atoms with Crippen LogP contribution in [0.4, 0.5) is 14.5 Å². The van der Waals surface area contributed by atoms with Gasteiger partial charge in [-0.15, -0.1) is 0 Å². The van der Waals surface area contributed by atoms with E-state index in [0.717, 1.165) is 5.56 Å². The number of aromatic nitrogens is 2. The van der Waals surface area contributed by atoms with Crippen LogP contribution in [0.3, 0.4) is 0 Å². The van der Waals surface area contributed by atoms with Gasteiger partial charge in [-0.05, 0) is 19.1 Å². The molecule has 0 spiro atoms. The number of halogens is 2. The SMILES string of the molecule is Cn1cc(C2(C)CN(c3ccccc3S(=O)(=O)C(F)F)CCO2)cn1. The summed E-state index contributed by atoms with van der Waals surface area (Å²) >= 11 is 0. The number of nitrogens with zero attached hydrogens (tertiary/aromatic N) is 3. The highest BCUT2D eigenvalue weighted by molar-refractivity contribution is 7.91. The standard InChI is InChI=1S/C16H19F2N3O3S/c1-16(12-9-19-20(2)10-12)11-21(7-8-24-16)13-5-3-4-6-14(13)25(22,23)15(17)18/h3-6,9-10,15H,7-8,11H2,1-2H3. The van der Waals surface area contributed by atoms with Crippen LogP contribution in [0.5, 0.6) is 0 Å². The number of anilines is 1. The van der Waals surface area contributed by atoms with Crippen molar-refractivity contribution in [3.63, 3.8) is 0 Å². The molecule has 0 amide bonds. The summed E-state index contributed by atoms with van der Waals surface area (Å²) in [7, 11) is -2.90. The number of para-hydroxylation sites is 1. The molecule has 1 aromatic heterocycles. The second-order valence-electron chi connectivity index (χ2n) is 6.18. The first kappa shape index (κ1) is 17.8. The van der Waals surface area contributed by atoms with Crippen LogP contribution in [0.15, 0.2) is 41.6 Å². The Kier molecular flexibility index (Phi) is 4.54. The first-order valence-corrected chi connectivity index (χ1v) is 9.28. The van der Waals surface area contributed by atoms with E-state index in [2.05, 4.69) is 5.10 Å². The number of alkyl halides is 2. The van der Waals surface area contributed by atoms with Gasteiger partial charge in [0.1, 0.15) is 5.60 Å². The minimum Gasteiger partial charge on any atom is -0.367 e. The number of aryl methyl sites for hydroxylation is 1. The summed E-state index contributed by atoms with van der Waals surface area (Å²) in [5, 5.41) is 4.14. The van der Waals surface area contributed by atoms with E-state index in [4.69, 9.17) is 4.74 Å². The maximum absolute atomic E-state index is 13.0. The maximum Gasteiger partial charge on any atom is 0.341 e. The topological polar surface area (TPSA) is 64.4 Å². The van der Waals surface area contributed by atoms with Crippen molar-refractivity contribution in [2.45, 2.75) is 23.2 Å². The van der Waals surface area contributed by atoms with Crippen LogP contribution in [0.25, 0.3) is 0 Å². The fourth-order valence-electron chi connectivity index (χ4n) is 3.00. The van der Waals surface area contributed by atoms with E-state index in [9.17, 15) is 17.2 Å². The first-order chi connectivity index (χ1) is 11.7. The Hall–Kier alpha value is -2.00. The van der Waals surface area contributed by atoms with Crippen molar-refractivity contribution in [2.75, 3.05) is 24.6 Å². The van der Waals surface area contributed by atoms with Crippen molar-refractivity contribution in [3.05, 3.63) is 42.2 Å². The van der Waals surface area contributed by atoms with E-state index < -0.39 is 21.2 Å². The van der Waals surface area contributed by atoms with Gasteiger partial charge in [0.15, 0.2) is 0 Å². The van der Waals surface area contributed by atoms with E-state index in [1.165, 1.54) is 12.1 Å². The minimum absolute atomic E-state index is 0.265. The van der Waals surface area contributed by atoms with Crippen LogP contribution in [-0.4, -0.2) is 43.7 Å². The summed E-state index contributed by atoms with van der Waals surface area (Å²) < 4.78 is 57.6. The molecule has 1 aliphatic rings. The number of ether oxygens (including phenoxy) is 1. The molecule has 2 aromatic rings. The second-order valence-corrected chi connectivity index (χ2v) is 8.06. The zero-order valence-electron chi connectivity index (χ0n) is 13.9. The maximum atomic E-state index is 13.0. The molecule has 0 saturated carbocycles. The Morgan fingerprint density at radius 1 is 1.32 bits per heavy atom. The highest BCUT2D eigenvalue weighted by Gasteiger charge is 2.37. The molecule has 0 bridgehead atoms. The Labute approximate surface area is 144 Å². The first-order valence-electron chi connectivity index (χ1n) is 7.73. The monoisotopic (exact) mass is 371 g/mol. The molecule has 0 N–H and O–H groups in total. The molecule has 1 saturated heterocycles. The van der Waals surface area contributed by atoms with Crippen LogP contribution in [0.2, 0.25) is 0 Å². The largest absolute Gasteiger partial charge is 0.367 e. The zero-order valence-corrected chi connectivity index (χ0v) is 14.7. The van der Waals surface area contributed by atoms with E-state index in [1.54, 1.807) is 35.0 Å². The smallest absolute Gasteiger partial charge is 0.341 e. The lowest BCUT2D eigenvalue weighted by molar-refractivity contribution is -0.0467. The summed E-state index contributed by atoms with van der Waals surface area (Å²) in [5.74, 6) is -3.46. The number of hydrogen-bond donors (Lipinski definition) is 0. The molecule has 1 unspecified atom stereocenters. The lowest BCUT2D eigenvalue weighted by Crippen LogP contribution is -2.48. The average molecular weight is 371 g/mol. The van der Waals surface area contributed by atoms with Crippen molar-refractivity contribution >= 4 is 15.5 Å². The Morgan fingerprint density at radius 3 is 2.68 bits per heavy atom. The van der Waals surface area contributed by atoms with Crippen molar-refractivity contribution in [1.29, 1.82) is 0 Å². The van der Waals surface area contributed by atoms with E-state index in [0.29, 0.717) is 19.7 Å². The number of rotatable bonds is 4. The zero-order chi connectivity index (χ0) is 18.2. The Balaban J connectivity index is 1.98. The van der Waals surface area contributed by atoms with Crippen LogP contribution in [0.1, 0.15) is 12.5 Å². The van der Waals surface area contributed by atoms with Gasteiger partial charge in [0.25, 0.3) is 0 Å². The van der Waals surface area contributed by atoms with Crippen LogP contribution in [0, 0.1) is 0 Å². The third kappa shape index (κ3) is 3.25. The van der Waals surface area contributed by atoms with Crippen molar-refractivity contribution < 1.29 is 21.9 Å². The fraction of sp³-hybridized carbons (Fsp3) is 0.438. The van der Waals surface area contributed by atoms with Gasteiger partial charge in [-0.1, -0.05) is 12.1 Å². The van der Waals surface area contributed by atoms with Gasteiger partial charge in [0, 0.05) is 25.4 Å². The van der Waals surface area contributed by atoms with Gasteiger partial charge in [-0.25, -0.2) is 8.42 Å². The average Bonchev–Trinajstić information content (AvgIpc) is 3.02. The van der Waals surface area contributed by atoms with E-state index in [1.807, 2.05) is 13.1 Å². The number of sulfone groups is 1. The predicted octanol–water partition coefficient (Wildman–Crippen LogP) is 2.17. The molecule has 1 fully saturated rings. The van der Waals surface area contributed by atoms with Gasteiger partial charge in [-0.2, -0.15) is 13.9 Å². The molecule has 1 aliphatic heterocycles. The van der Waals surface area contributed by atoms with E-state index in [-0.39, 0.29) is 10.6 Å². The summed E-state index contributed by atoms with van der Waals surface area (Å²) in [4.78, 5) is 1.41. The molecule has 1 aromatic carbocycles. The molecule has 9 heteroatoms. The highest BCUT2D eigenvalue weighted by atomic mass is 32.2.